The molecule has 0 saturated carbocycles. The molecule has 2 atom stereocenters. The average molecular weight is 426 g/mol. The highest BCUT2D eigenvalue weighted by Crippen LogP contribution is 2.18. The van der Waals surface area contributed by atoms with Crippen molar-refractivity contribution < 1.29 is 4.74 Å². The average Bonchev–Trinajstić information content (AvgIpc) is 2.82. The Hall–Kier alpha value is -0.0800. The van der Waals surface area contributed by atoms with Crippen LogP contribution in [-0.4, -0.2) is 62.8 Å². The van der Waals surface area contributed by atoms with E-state index in [0.717, 1.165) is 45.2 Å². The summed E-state index contributed by atoms with van der Waals surface area (Å²) in [4.78, 5) is 6.83. The summed E-state index contributed by atoms with van der Waals surface area (Å²) in [5, 5.41) is 6.88. The number of unbranched alkanes of at least 4 members (excludes halogenated alkanes) is 1. The second-order valence-electron chi connectivity index (χ2n) is 6.24. The molecule has 5 nitrogen and oxygen atoms in total. The van der Waals surface area contributed by atoms with Crippen LogP contribution in [0.4, 0.5) is 0 Å². The van der Waals surface area contributed by atoms with Crippen LogP contribution in [0.1, 0.15) is 40.5 Å². The van der Waals surface area contributed by atoms with Crippen molar-refractivity contribution in [3.63, 3.8) is 0 Å². The third kappa shape index (κ3) is 7.97. The number of likely N-dealkylation sites (tertiary alicyclic amines) is 1. The maximum Gasteiger partial charge on any atom is 0.191 e. The van der Waals surface area contributed by atoms with Crippen LogP contribution < -0.4 is 10.6 Å². The zero-order valence-electron chi connectivity index (χ0n) is 14.9. The predicted octanol–water partition coefficient (Wildman–Crippen LogP) is 2.31. The van der Waals surface area contributed by atoms with Gasteiger partial charge in [-0.15, -0.1) is 24.0 Å². The van der Waals surface area contributed by atoms with Crippen LogP contribution in [0.15, 0.2) is 4.99 Å². The summed E-state index contributed by atoms with van der Waals surface area (Å²) in [7, 11) is 1.83. The van der Waals surface area contributed by atoms with E-state index in [1.54, 1.807) is 0 Å². The molecule has 1 saturated heterocycles. The van der Waals surface area contributed by atoms with Gasteiger partial charge in [-0.2, -0.15) is 0 Å². The van der Waals surface area contributed by atoms with Crippen molar-refractivity contribution >= 4 is 29.9 Å². The van der Waals surface area contributed by atoms with Crippen molar-refractivity contribution in [2.75, 3.05) is 39.9 Å². The Labute approximate surface area is 153 Å². The molecule has 132 valence electrons. The predicted molar refractivity (Wildman–Crippen MR) is 105 cm³/mol. The molecule has 0 radical (unpaired) electrons. The lowest BCUT2D eigenvalue weighted by molar-refractivity contribution is 0.136. The SMILES string of the molecule is CCCCOCCNC(=NC)NC1CN(C(C)C)CC1C.I. The van der Waals surface area contributed by atoms with Gasteiger partial charge in [-0.3, -0.25) is 9.89 Å². The quantitative estimate of drug-likeness (QED) is 0.271. The summed E-state index contributed by atoms with van der Waals surface area (Å²) >= 11 is 0. The molecule has 2 N–H and O–H groups in total. The number of hydrogen-bond donors (Lipinski definition) is 2. The van der Waals surface area contributed by atoms with Crippen LogP contribution in [0.3, 0.4) is 0 Å². The van der Waals surface area contributed by atoms with Gasteiger partial charge in [-0.1, -0.05) is 20.3 Å². The first-order valence-corrected chi connectivity index (χ1v) is 8.37. The Morgan fingerprint density at radius 2 is 2.05 bits per heavy atom. The van der Waals surface area contributed by atoms with Crippen molar-refractivity contribution in [3.05, 3.63) is 0 Å². The van der Waals surface area contributed by atoms with Gasteiger partial charge in [0.25, 0.3) is 0 Å². The van der Waals surface area contributed by atoms with Crippen molar-refractivity contribution in [2.45, 2.75) is 52.6 Å². The molecule has 0 aromatic carbocycles. The molecule has 0 aromatic heterocycles. The van der Waals surface area contributed by atoms with Gasteiger partial charge in [0.2, 0.25) is 0 Å². The lowest BCUT2D eigenvalue weighted by Gasteiger charge is -2.21. The van der Waals surface area contributed by atoms with Gasteiger partial charge in [-0.25, -0.2) is 0 Å². The fourth-order valence-electron chi connectivity index (χ4n) is 2.57. The largest absolute Gasteiger partial charge is 0.380 e. The number of halogens is 1. The molecular weight excluding hydrogens is 391 g/mol. The van der Waals surface area contributed by atoms with E-state index in [1.165, 1.54) is 6.42 Å². The van der Waals surface area contributed by atoms with Crippen molar-refractivity contribution in [3.8, 4) is 0 Å². The van der Waals surface area contributed by atoms with E-state index in [4.69, 9.17) is 4.74 Å². The van der Waals surface area contributed by atoms with Gasteiger partial charge in [-0.05, 0) is 26.2 Å². The summed E-state index contributed by atoms with van der Waals surface area (Å²) in [5.41, 5.74) is 0. The first-order valence-electron chi connectivity index (χ1n) is 8.37. The standard InChI is InChI=1S/C16H34N4O.HI/c1-6-7-9-21-10-8-18-16(17-5)19-15-12-20(13(2)3)11-14(15)4;/h13-15H,6-12H2,1-5H3,(H2,17,18,19);1H. The minimum atomic E-state index is 0. The topological polar surface area (TPSA) is 48.9 Å². The fourth-order valence-corrected chi connectivity index (χ4v) is 2.57. The van der Waals surface area contributed by atoms with E-state index in [-0.39, 0.29) is 24.0 Å². The molecular formula is C16H35IN4O. The normalized spacial score (nSPS) is 22.7. The maximum absolute atomic E-state index is 5.56. The summed E-state index contributed by atoms with van der Waals surface area (Å²) < 4.78 is 5.56. The highest BCUT2D eigenvalue weighted by molar-refractivity contribution is 14.0. The van der Waals surface area contributed by atoms with Crippen molar-refractivity contribution in [1.82, 2.24) is 15.5 Å². The molecule has 0 amide bonds. The van der Waals surface area contributed by atoms with E-state index in [2.05, 4.69) is 48.2 Å². The molecule has 1 heterocycles. The summed E-state index contributed by atoms with van der Waals surface area (Å²) in [5.74, 6) is 1.53. The Kier molecular flexibility index (Phi) is 12.3. The zero-order valence-corrected chi connectivity index (χ0v) is 17.2. The van der Waals surface area contributed by atoms with E-state index in [9.17, 15) is 0 Å². The number of guanidine groups is 1. The number of aliphatic imine (C=N–C) groups is 1. The first kappa shape index (κ1) is 21.9. The van der Waals surface area contributed by atoms with Crippen molar-refractivity contribution in [2.24, 2.45) is 10.9 Å². The van der Waals surface area contributed by atoms with Crippen LogP contribution in [0.5, 0.6) is 0 Å². The van der Waals surface area contributed by atoms with Gasteiger partial charge < -0.3 is 15.4 Å². The second kappa shape index (κ2) is 12.4. The minimum absolute atomic E-state index is 0. The third-order valence-corrected chi connectivity index (χ3v) is 4.10. The van der Waals surface area contributed by atoms with Gasteiger partial charge >= 0.3 is 0 Å². The van der Waals surface area contributed by atoms with Crippen molar-refractivity contribution in [1.29, 1.82) is 0 Å². The molecule has 0 aliphatic carbocycles. The number of nitrogens with zero attached hydrogens (tertiary/aromatic N) is 2. The molecule has 1 aliphatic heterocycles. The number of nitrogens with one attached hydrogen (secondary N) is 2. The molecule has 0 spiro atoms. The van der Waals surface area contributed by atoms with Crippen LogP contribution >= 0.6 is 24.0 Å². The Morgan fingerprint density at radius 3 is 2.59 bits per heavy atom. The lowest BCUT2D eigenvalue weighted by atomic mass is 10.1. The molecule has 2 unspecified atom stereocenters. The van der Waals surface area contributed by atoms with E-state index < -0.39 is 0 Å². The monoisotopic (exact) mass is 426 g/mol. The molecule has 6 heteroatoms. The van der Waals surface area contributed by atoms with E-state index in [1.807, 2.05) is 7.05 Å². The van der Waals surface area contributed by atoms with Crippen LogP contribution in [0, 0.1) is 5.92 Å². The van der Waals surface area contributed by atoms with Gasteiger partial charge in [0.05, 0.1) is 6.61 Å². The number of ether oxygens (including phenoxy) is 1. The number of rotatable bonds is 8. The molecule has 1 aliphatic rings. The highest BCUT2D eigenvalue weighted by Gasteiger charge is 2.31. The molecule has 1 fully saturated rings. The zero-order chi connectivity index (χ0) is 15.7. The minimum Gasteiger partial charge on any atom is -0.380 e. The lowest BCUT2D eigenvalue weighted by Crippen LogP contribution is -2.47. The Morgan fingerprint density at radius 1 is 1.32 bits per heavy atom. The highest BCUT2D eigenvalue weighted by atomic mass is 127. The summed E-state index contributed by atoms with van der Waals surface area (Å²) in [6.07, 6.45) is 2.32. The van der Waals surface area contributed by atoms with Gasteiger partial charge in [0.1, 0.15) is 0 Å². The van der Waals surface area contributed by atoms with E-state index >= 15 is 0 Å². The Bertz CT molecular complexity index is 313. The Balaban J connectivity index is 0.00000441. The summed E-state index contributed by atoms with van der Waals surface area (Å²) in [6.45, 7) is 13.6. The third-order valence-electron chi connectivity index (χ3n) is 4.10. The molecule has 0 bridgehead atoms. The summed E-state index contributed by atoms with van der Waals surface area (Å²) in [6, 6.07) is 1.08. The number of hydrogen-bond acceptors (Lipinski definition) is 3. The second-order valence-corrected chi connectivity index (χ2v) is 6.24. The van der Waals surface area contributed by atoms with Crippen LogP contribution in [-0.2, 0) is 4.74 Å². The molecule has 0 aromatic rings. The first-order chi connectivity index (χ1) is 10.1. The van der Waals surface area contributed by atoms with Gasteiger partial charge in [0, 0.05) is 45.4 Å². The fraction of sp³-hybridized carbons (Fsp3) is 0.938. The maximum atomic E-state index is 5.56. The smallest absolute Gasteiger partial charge is 0.191 e. The van der Waals surface area contributed by atoms with E-state index in [0.29, 0.717) is 18.0 Å². The molecule has 1 rings (SSSR count). The van der Waals surface area contributed by atoms with Gasteiger partial charge in [0.15, 0.2) is 5.96 Å². The van der Waals surface area contributed by atoms with Crippen LogP contribution in [0.25, 0.3) is 0 Å². The molecule has 22 heavy (non-hydrogen) atoms. The van der Waals surface area contributed by atoms with Crippen LogP contribution in [0.2, 0.25) is 0 Å².